The molecule has 1 saturated heterocycles. The third-order valence-corrected chi connectivity index (χ3v) is 7.07. The number of halogens is 2. The molecule has 1 fully saturated rings. The molecule has 5 rings (SSSR count). The van der Waals surface area contributed by atoms with Gasteiger partial charge in [-0.1, -0.05) is 48.2 Å². The van der Waals surface area contributed by atoms with Gasteiger partial charge in [0.15, 0.2) is 0 Å². The van der Waals surface area contributed by atoms with E-state index in [1.165, 1.54) is 17.3 Å². The molecule has 8 heteroatoms. The molecule has 1 N–H and O–H groups in total. The zero-order valence-electron chi connectivity index (χ0n) is 18.0. The number of carbonyl (C=O) groups excluding carboxylic acids is 1. The Morgan fingerprint density at radius 1 is 1.09 bits per heavy atom. The Kier molecular flexibility index (Phi) is 8.28. The molecule has 0 aliphatic carbocycles. The minimum Gasteiger partial charge on any atom is -0.349 e. The third-order valence-electron chi connectivity index (χ3n) is 6.02. The van der Waals surface area contributed by atoms with E-state index in [-0.39, 0.29) is 36.8 Å². The first-order valence-electron chi connectivity index (χ1n) is 10.6. The summed E-state index contributed by atoms with van der Waals surface area (Å²) in [5, 5.41) is 4.32. The molecule has 0 unspecified atom stereocenters. The summed E-state index contributed by atoms with van der Waals surface area (Å²) in [4.78, 5) is 20.8. The quantitative estimate of drug-likeness (QED) is 0.560. The van der Waals surface area contributed by atoms with Crippen LogP contribution in [0.25, 0.3) is 11.7 Å². The normalized spacial score (nSPS) is 16.1. The number of carbonyl (C=O) groups is 1. The second-order valence-corrected chi connectivity index (χ2v) is 9.14. The fourth-order valence-electron chi connectivity index (χ4n) is 4.31. The minimum atomic E-state index is 0. The molecule has 2 aliphatic rings. The highest BCUT2D eigenvalue weighted by Crippen LogP contribution is 2.35. The lowest BCUT2D eigenvalue weighted by Crippen LogP contribution is -2.45. The molecule has 170 valence electrons. The summed E-state index contributed by atoms with van der Waals surface area (Å²) in [6.07, 6.45) is 5.08. The summed E-state index contributed by atoms with van der Waals surface area (Å²) >= 11 is 1.53. The molecule has 1 amide bonds. The summed E-state index contributed by atoms with van der Waals surface area (Å²) in [5.74, 6) is 0.0339. The lowest BCUT2D eigenvalue weighted by atomic mass is 10.0. The average molecular weight is 491 g/mol. The van der Waals surface area contributed by atoms with Gasteiger partial charge in [-0.2, -0.15) is 0 Å². The number of hydrogen-bond donors (Lipinski definition) is 1. The predicted octanol–water partition coefficient (Wildman–Crippen LogP) is 4.76. The average Bonchev–Trinajstić information content (AvgIpc) is 3.11. The highest BCUT2D eigenvalue weighted by atomic mass is 35.5. The van der Waals surface area contributed by atoms with Crippen molar-refractivity contribution in [2.75, 3.05) is 19.6 Å². The van der Waals surface area contributed by atoms with Gasteiger partial charge in [-0.3, -0.25) is 9.20 Å². The number of pyridine rings is 1. The van der Waals surface area contributed by atoms with Crippen molar-refractivity contribution in [2.45, 2.75) is 37.3 Å². The molecule has 1 aromatic carbocycles. The van der Waals surface area contributed by atoms with E-state index in [1.807, 2.05) is 31.2 Å². The molecule has 0 saturated carbocycles. The summed E-state index contributed by atoms with van der Waals surface area (Å²) in [7, 11) is 0. The van der Waals surface area contributed by atoms with Crippen molar-refractivity contribution in [2.24, 2.45) is 0 Å². The van der Waals surface area contributed by atoms with Gasteiger partial charge < -0.3 is 10.2 Å². The number of nitrogens with one attached hydrogen (secondary N) is 1. The number of piperidine rings is 1. The van der Waals surface area contributed by atoms with E-state index < -0.39 is 0 Å². The Morgan fingerprint density at radius 3 is 2.59 bits per heavy atom. The van der Waals surface area contributed by atoms with Gasteiger partial charge in [-0.15, -0.1) is 24.8 Å². The molecule has 0 atom stereocenters. The van der Waals surface area contributed by atoms with Gasteiger partial charge in [0.1, 0.15) is 5.65 Å². The van der Waals surface area contributed by atoms with E-state index >= 15 is 0 Å². The maximum absolute atomic E-state index is 13.0. The second-order valence-electron chi connectivity index (χ2n) is 8.08. The first-order chi connectivity index (χ1) is 14.7. The van der Waals surface area contributed by atoms with Crippen molar-refractivity contribution in [3.63, 3.8) is 0 Å². The molecule has 2 aliphatic heterocycles. The number of aromatic nitrogens is 2. The Balaban J connectivity index is 0.00000144. The zero-order chi connectivity index (χ0) is 20.5. The first kappa shape index (κ1) is 24.6. The zero-order valence-corrected chi connectivity index (χ0v) is 20.4. The molecule has 5 nitrogen and oxygen atoms in total. The van der Waals surface area contributed by atoms with Crippen molar-refractivity contribution in [1.82, 2.24) is 19.6 Å². The van der Waals surface area contributed by atoms with Crippen LogP contribution >= 0.6 is 36.6 Å². The molecular weight excluding hydrogens is 463 g/mol. The highest BCUT2D eigenvalue weighted by Gasteiger charge is 2.25. The van der Waals surface area contributed by atoms with Crippen LogP contribution in [0.5, 0.6) is 0 Å². The molecule has 32 heavy (non-hydrogen) atoms. The third kappa shape index (κ3) is 5.15. The van der Waals surface area contributed by atoms with E-state index in [2.05, 4.69) is 49.9 Å². The van der Waals surface area contributed by atoms with Crippen molar-refractivity contribution in [3.8, 4) is 0 Å². The van der Waals surface area contributed by atoms with Gasteiger partial charge >= 0.3 is 0 Å². The van der Waals surface area contributed by atoms with E-state index in [4.69, 9.17) is 0 Å². The molecule has 0 spiro atoms. The van der Waals surface area contributed by atoms with Gasteiger partial charge in [0, 0.05) is 25.7 Å². The highest BCUT2D eigenvalue weighted by molar-refractivity contribution is 8.04. The first-order valence-corrected chi connectivity index (χ1v) is 11.4. The Morgan fingerprint density at radius 2 is 1.84 bits per heavy atom. The summed E-state index contributed by atoms with van der Waals surface area (Å²) in [6, 6.07) is 16.9. The number of nitrogens with zero attached hydrogens (tertiary/aromatic N) is 3. The van der Waals surface area contributed by atoms with Crippen LogP contribution in [0.4, 0.5) is 0 Å². The number of hydrogen-bond acceptors (Lipinski definition) is 4. The predicted molar refractivity (Wildman–Crippen MR) is 136 cm³/mol. The van der Waals surface area contributed by atoms with Crippen molar-refractivity contribution in [1.29, 1.82) is 0 Å². The van der Waals surface area contributed by atoms with E-state index in [0.717, 1.165) is 65.9 Å². The number of aryl methyl sites for hydroxylation is 1. The minimum absolute atomic E-state index is 0. The molecule has 0 bridgehead atoms. The maximum atomic E-state index is 13.0. The summed E-state index contributed by atoms with van der Waals surface area (Å²) in [6.45, 7) is 5.16. The Labute approximate surface area is 205 Å². The van der Waals surface area contributed by atoms with E-state index in [9.17, 15) is 4.79 Å². The van der Waals surface area contributed by atoms with E-state index in [0.29, 0.717) is 0 Å². The number of likely N-dealkylation sites (tertiary alicyclic amines) is 1. The van der Waals surface area contributed by atoms with Crippen molar-refractivity contribution < 1.29 is 4.79 Å². The SMILES string of the molecule is Cc1nc2cccc3n2c1C=C(C(=O)NC1CCN(CCc2ccccc2)CC1)S3.Cl.Cl. The van der Waals surface area contributed by atoms with Gasteiger partial charge in [0.05, 0.1) is 21.3 Å². The molecule has 0 radical (unpaired) electrons. The topological polar surface area (TPSA) is 49.6 Å². The number of imidazole rings is 1. The van der Waals surface area contributed by atoms with Crippen LogP contribution in [-0.2, 0) is 11.2 Å². The van der Waals surface area contributed by atoms with Crippen LogP contribution in [0.15, 0.2) is 58.5 Å². The maximum Gasteiger partial charge on any atom is 0.258 e. The Hall–Kier alpha value is -1.99. The van der Waals surface area contributed by atoms with Crippen LogP contribution in [0.1, 0.15) is 29.8 Å². The van der Waals surface area contributed by atoms with Crippen LogP contribution in [0.2, 0.25) is 0 Å². The van der Waals surface area contributed by atoms with Crippen LogP contribution in [0.3, 0.4) is 0 Å². The second kappa shape index (κ2) is 10.8. The van der Waals surface area contributed by atoms with Gasteiger partial charge in [0.25, 0.3) is 5.91 Å². The largest absolute Gasteiger partial charge is 0.349 e. The molecule has 4 heterocycles. The van der Waals surface area contributed by atoms with Crippen molar-refractivity contribution >= 4 is 54.2 Å². The Bertz CT molecular complexity index is 1110. The van der Waals surface area contributed by atoms with Gasteiger partial charge in [0.2, 0.25) is 0 Å². The number of benzene rings is 1. The number of amides is 1. The standard InChI is InChI=1S/C24H26N4OS.2ClH/c1-17-20-16-21(30-23-9-5-8-22(25-17)28(20)23)24(29)26-19-11-14-27(15-12-19)13-10-18-6-3-2-4-7-18;;/h2-9,16,19H,10-15H2,1H3,(H,26,29);2*1H. The van der Waals surface area contributed by atoms with E-state index in [1.54, 1.807) is 0 Å². The van der Waals surface area contributed by atoms with Crippen LogP contribution < -0.4 is 5.32 Å². The molecule has 2 aromatic heterocycles. The molecular formula is C24H28Cl2N4OS. The monoisotopic (exact) mass is 490 g/mol. The van der Waals surface area contributed by atoms with Gasteiger partial charge in [-0.05, 0) is 50.0 Å². The fraction of sp³-hybridized carbons (Fsp3) is 0.333. The fourth-order valence-corrected chi connectivity index (χ4v) is 5.29. The lowest BCUT2D eigenvalue weighted by Gasteiger charge is -2.32. The summed E-state index contributed by atoms with van der Waals surface area (Å²) in [5.41, 5.74) is 4.30. The molecule has 3 aromatic rings. The smallest absolute Gasteiger partial charge is 0.258 e. The number of rotatable bonds is 5. The number of thioether (sulfide) groups is 1. The van der Waals surface area contributed by atoms with Crippen molar-refractivity contribution in [3.05, 3.63) is 70.4 Å². The van der Waals surface area contributed by atoms with Gasteiger partial charge in [-0.25, -0.2) is 4.98 Å². The van der Waals surface area contributed by atoms with Crippen LogP contribution in [0, 0.1) is 6.92 Å². The lowest BCUT2D eigenvalue weighted by molar-refractivity contribution is -0.117. The summed E-state index contributed by atoms with van der Waals surface area (Å²) < 4.78 is 2.13. The van der Waals surface area contributed by atoms with Crippen LogP contribution in [-0.4, -0.2) is 45.9 Å².